The van der Waals surface area contributed by atoms with Gasteiger partial charge in [0.25, 0.3) is 0 Å². The van der Waals surface area contributed by atoms with Crippen LogP contribution in [0, 0.1) is 17.8 Å². The van der Waals surface area contributed by atoms with E-state index in [1.54, 1.807) is 7.11 Å². The molecular weight excluding hydrogens is 435 g/mol. The lowest BCUT2D eigenvalue weighted by Gasteiger charge is -2.37. The third-order valence-corrected chi connectivity index (χ3v) is 8.46. The van der Waals surface area contributed by atoms with Crippen LogP contribution in [0.2, 0.25) is 0 Å². The number of likely N-dealkylation sites (N-methyl/N-ethyl adjacent to an activating group) is 1. The fourth-order valence-corrected chi connectivity index (χ4v) is 6.77. The van der Waals surface area contributed by atoms with E-state index >= 15 is 0 Å². The molecule has 0 aromatic rings. The summed E-state index contributed by atoms with van der Waals surface area (Å²) in [5, 5.41) is 2.60. The number of rotatable bonds is 7. The fraction of sp³-hybridized carbons (Fsp3) is 0.947. The van der Waals surface area contributed by atoms with Crippen LogP contribution < -0.4 is 15.6 Å². The van der Waals surface area contributed by atoms with Crippen LogP contribution in [-0.4, -0.2) is 76.0 Å². The van der Waals surface area contributed by atoms with E-state index in [0.717, 1.165) is 38.9 Å². The van der Waals surface area contributed by atoms with Crippen molar-refractivity contribution in [3.63, 3.8) is 0 Å². The van der Waals surface area contributed by atoms with Crippen LogP contribution >= 0.6 is 11.6 Å². The molecule has 1 aliphatic heterocycles. The van der Waals surface area contributed by atoms with E-state index in [1.165, 1.54) is 0 Å². The largest absolute Gasteiger partial charge is 0.381 e. The number of nitrogens with zero attached hydrogens (tertiary/aromatic N) is 1. The van der Waals surface area contributed by atoms with E-state index in [1.807, 2.05) is 7.05 Å². The number of alkyl halides is 2. The zero-order valence-corrected chi connectivity index (χ0v) is 19.2. The average molecular weight is 469 g/mol. The molecule has 3 rings (SSSR count). The summed E-state index contributed by atoms with van der Waals surface area (Å²) in [6.45, 7) is 1.56. The smallest absolute Gasteiger partial charge is 0.241 e. The Bertz CT molecular complexity index is 700. The quantitative estimate of drug-likeness (QED) is 0.380. The normalized spacial score (nSPS) is 38.5. The van der Waals surface area contributed by atoms with E-state index in [0.29, 0.717) is 12.8 Å². The topological polar surface area (TPSA) is 99.8 Å². The van der Waals surface area contributed by atoms with Crippen molar-refractivity contribution < 1.29 is 22.3 Å². The molecular formula is C19H34ClFN4O4S. The summed E-state index contributed by atoms with van der Waals surface area (Å²) in [6.07, 6.45) is 2.78. The third kappa shape index (κ3) is 6.04. The van der Waals surface area contributed by atoms with Crippen molar-refractivity contribution in [2.24, 2.45) is 17.8 Å². The number of hydrogen-bond acceptors (Lipinski definition) is 6. The summed E-state index contributed by atoms with van der Waals surface area (Å²) in [7, 11) is -0.182. The van der Waals surface area contributed by atoms with Crippen LogP contribution in [0.5, 0.6) is 0 Å². The number of amides is 1. The monoisotopic (exact) mass is 468 g/mol. The van der Waals surface area contributed by atoms with E-state index < -0.39 is 33.4 Å². The Kier molecular flexibility index (Phi) is 8.36. The molecule has 1 saturated heterocycles. The number of ether oxygens (including phenoxy) is 1. The number of halogens is 2. The Morgan fingerprint density at radius 2 is 2.03 bits per heavy atom. The lowest BCUT2D eigenvalue weighted by molar-refractivity contribution is -0.129. The predicted molar refractivity (Wildman–Crippen MR) is 113 cm³/mol. The summed E-state index contributed by atoms with van der Waals surface area (Å²) in [4.78, 5) is 16.9. The lowest BCUT2D eigenvalue weighted by atomic mass is 9.76. The van der Waals surface area contributed by atoms with E-state index in [9.17, 15) is 17.6 Å². The number of sulfonamides is 1. The van der Waals surface area contributed by atoms with Crippen molar-refractivity contribution in [3.05, 3.63) is 0 Å². The van der Waals surface area contributed by atoms with Gasteiger partial charge in [-0.15, -0.1) is 16.4 Å². The fourth-order valence-electron chi connectivity index (χ4n) is 5.08. The van der Waals surface area contributed by atoms with Gasteiger partial charge in [0.15, 0.2) is 0 Å². The highest BCUT2D eigenvalue weighted by Crippen LogP contribution is 2.37. The van der Waals surface area contributed by atoms with E-state index in [-0.39, 0.29) is 29.7 Å². The Balaban J connectivity index is 1.55. The predicted octanol–water partition coefficient (Wildman–Crippen LogP) is 0.975. The van der Waals surface area contributed by atoms with Crippen LogP contribution in [-0.2, 0) is 19.6 Å². The lowest BCUT2D eigenvalue weighted by Crippen LogP contribution is -2.53. The minimum Gasteiger partial charge on any atom is -0.381 e. The van der Waals surface area contributed by atoms with Gasteiger partial charge in [-0.1, -0.05) is 12.8 Å². The number of carbonyl (C=O) groups excluding carboxylic acids is 1. The molecule has 3 N–H and O–H groups in total. The summed E-state index contributed by atoms with van der Waals surface area (Å²) >= 11 is 6.22. The molecule has 2 aliphatic carbocycles. The molecule has 0 spiro atoms. The summed E-state index contributed by atoms with van der Waals surface area (Å²) < 4.78 is 45.1. The summed E-state index contributed by atoms with van der Waals surface area (Å²) in [6, 6.07) is 0.146. The average Bonchev–Trinajstić information content (AvgIpc) is 3.14. The van der Waals surface area contributed by atoms with Crippen molar-refractivity contribution in [1.82, 2.24) is 20.5 Å². The molecule has 1 amide bonds. The van der Waals surface area contributed by atoms with Gasteiger partial charge in [0.05, 0.1) is 23.2 Å². The van der Waals surface area contributed by atoms with E-state index in [4.69, 9.17) is 16.3 Å². The second kappa shape index (κ2) is 10.4. The van der Waals surface area contributed by atoms with Gasteiger partial charge in [0, 0.05) is 32.3 Å². The molecule has 30 heavy (non-hydrogen) atoms. The molecule has 0 aromatic heterocycles. The first kappa shape index (κ1) is 24.1. The molecule has 0 bridgehead atoms. The SMILES string of the molecule is CO[C@@H]1CCCC[C@@H]1CS(=O)(=O)NNC(=O)C1CC(C2CN(C)CN2)CC(Cl)C1F. The third-order valence-electron chi connectivity index (χ3n) is 6.76. The molecule has 0 aromatic carbocycles. The zero-order valence-electron chi connectivity index (χ0n) is 17.6. The number of carbonyl (C=O) groups is 1. The molecule has 5 unspecified atom stereocenters. The standard InChI is InChI=1S/C19H34ClFN4O4S/c1-25-9-16(22-11-25)13-7-14(18(21)15(20)8-13)19(26)23-24-30(27,28)10-12-5-3-4-6-17(12)29-2/h12-18,22,24H,3-11H2,1-2H3,(H,23,26)/t12-,13?,14?,15?,16?,17-,18?/m1/s1. The molecule has 1 heterocycles. The van der Waals surface area contributed by atoms with Crippen LogP contribution in [0.1, 0.15) is 38.5 Å². The van der Waals surface area contributed by atoms with Crippen molar-refractivity contribution in [2.75, 3.05) is 33.1 Å². The Labute approximate surface area is 183 Å². The first-order valence-corrected chi connectivity index (χ1v) is 12.8. The van der Waals surface area contributed by atoms with E-state index in [2.05, 4.69) is 20.5 Å². The van der Waals surface area contributed by atoms with Gasteiger partial charge in [-0.3, -0.25) is 20.4 Å². The van der Waals surface area contributed by atoms with Gasteiger partial charge in [0.2, 0.25) is 15.9 Å². The molecule has 0 radical (unpaired) electrons. The highest BCUT2D eigenvalue weighted by molar-refractivity contribution is 7.89. The Hall–Kier alpha value is -0.520. The first-order valence-electron chi connectivity index (χ1n) is 10.7. The van der Waals surface area contributed by atoms with Gasteiger partial charge in [-0.25, -0.2) is 12.8 Å². The van der Waals surface area contributed by atoms with Gasteiger partial charge in [0.1, 0.15) is 6.17 Å². The molecule has 8 nitrogen and oxygen atoms in total. The van der Waals surface area contributed by atoms with Crippen molar-refractivity contribution >= 4 is 27.5 Å². The van der Waals surface area contributed by atoms with Gasteiger partial charge in [-0.05, 0) is 38.6 Å². The molecule has 11 heteroatoms. The molecule has 7 atom stereocenters. The second-order valence-corrected chi connectivity index (χ2v) is 11.3. The Morgan fingerprint density at radius 3 is 2.70 bits per heavy atom. The summed E-state index contributed by atoms with van der Waals surface area (Å²) in [5.74, 6) is -1.85. The van der Waals surface area contributed by atoms with Gasteiger partial charge in [-0.2, -0.15) is 0 Å². The highest BCUT2D eigenvalue weighted by Gasteiger charge is 2.44. The minimum absolute atomic E-state index is 0.0570. The number of nitrogens with one attached hydrogen (secondary N) is 3. The maximum Gasteiger partial charge on any atom is 0.241 e. The molecule has 174 valence electrons. The van der Waals surface area contributed by atoms with Crippen molar-refractivity contribution in [2.45, 2.75) is 62.2 Å². The second-order valence-electron chi connectivity index (χ2n) is 9.00. The summed E-state index contributed by atoms with van der Waals surface area (Å²) in [5.41, 5.74) is 2.24. The van der Waals surface area contributed by atoms with Gasteiger partial charge >= 0.3 is 0 Å². The first-order chi connectivity index (χ1) is 14.2. The van der Waals surface area contributed by atoms with Crippen LogP contribution in [0.15, 0.2) is 0 Å². The number of hydrazine groups is 1. The van der Waals surface area contributed by atoms with Crippen molar-refractivity contribution in [1.29, 1.82) is 0 Å². The van der Waals surface area contributed by atoms with Gasteiger partial charge < -0.3 is 4.74 Å². The highest BCUT2D eigenvalue weighted by atomic mass is 35.5. The molecule has 3 aliphatic rings. The zero-order chi connectivity index (χ0) is 21.9. The van der Waals surface area contributed by atoms with Crippen molar-refractivity contribution in [3.8, 4) is 0 Å². The van der Waals surface area contributed by atoms with Crippen LogP contribution in [0.25, 0.3) is 0 Å². The maximum absolute atomic E-state index is 14.7. The molecule has 2 saturated carbocycles. The Morgan fingerprint density at radius 1 is 1.30 bits per heavy atom. The van der Waals surface area contributed by atoms with Crippen LogP contribution in [0.4, 0.5) is 4.39 Å². The minimum atomic E-state index is -3.76. The number of methoxy groups -OCH3 is 1. The molecule has 3 fully saturated rings. The van der Waals surface area contributed by atoms with Crippen LogP contribution in [0.3, 0.4) is 0 Å². The maximum atomic E-state index is 14.7. The number of hydrogen-bond donors (Lipinski definition) is 3.